The highest BCUT2D eigenvalue weighted by molar-refractivity contribution is 6.00. The Labute approximate surface area is 171 Å². The number of aliphatic hydroxyl groups excluding tert-OH is 1. The van der Waals surface area contributed by atoms with Crippen LogP contribution in [0.15, 0.2) is 78.9 Å². The number of carbonyl (C=O) groups excluding carboxylic acids is 1. The van der Waals surface area contributed by atoms with Crippen molar-refractivity contribution < 1.29 is 9.90 Å². The fraction of sp³-hybridized carbons (Fsp3) is 0.240. The van der Waals surface area contributed by atoms with E-state index in [9.17, 15) is 9.90 Å². The van der Waals surface area contributed by atoms with E-state index in [0.717, 1.165) is 24.0 Å². The highest BCUT2D eigenvalue weighted by atomic mass is 16.3. The summed E-state index contributed by atoms with van der Waals surface area (Å²) in [5, 5.41) is 16.6. The summed E-state index contributed by atoms with van der Waals surface area (Å²) in [5.41, 5.74) is 5.27. The lowest BCUT2D eigenvalue weighted by atomic mass is 9.99. The van der Waals surface area contributed by atoms with E-state index in [1.54, 1.807) is 0 Å². The van der Waals surface area contributed by atoms with Gasteiger partial charge >= 0.3 is 0 Å². The maximum absolute atomic E-state index is 12.7. The smallest absolute Gasteiger partial charge is 0.252 e. The number of fused-ring (bicyclic) bond motifs is 1. The monoisotopic (exact) mass is 386 g/mol. The van der Waals surface area contributed by atoms with Crippen molar-refractivity contribution in [3.63, 3.8) is 0 Å². The minimum atomic E-state index is -0.633. The molecule has 0 fully saturated rings. The van der Waals surface area contributed by atoms with Gasteiger partial charge in [0.2, 0.25) is 0 Å². The Balaban J connectivity index is 1.29. The van der Waals surface area contributed by atoms with Crippen LogP contribution in [0.25, 0.3) is 11.1 Å². The molecular weight excluding hydrogens is 360 g/mol. The lowest BCUT2D eigenvalue weighted by Crippen LogP contribution is -2.41. The Kier molecular flexibility index (Phi) is 6.03. The van der Waals surface area contributed by atoms with Gasteiger partial charge in [-0.05, 0) is 41.2 Å². The van der Waals surface area contributed by atoms with Gasteiger partial charge in [-0.3, -0.25) is 4.79 Å². The largest absolute Gasteiger partial charge is 0.390 e. The van der Waals surface area contributed by atoms with Crippen molar-refractivity contribution in [2.24, 2.45) is 0 Å². The molecule has 1 aliphatic carbocycles. The summed E-state index contributed by atoms with van der Waals surface area (Å²) in [6.45, 7) is 0.674. The Morgan fingerprint density at radius 3 is 2.21 bits per heavy atom. The summed E-state index contributed by atoms with van der Waals surface area (Å²) < 4.78 is 0. The van der Waals surface area contributed by atoms with Crippen LogP contribution in [0.5, 0.6) is 0 Å². The molecule has 4 rings (SSSR count). The normalized spacial score (nSPS) is 14.4. The van der Waals surface area contributed by atoms with Gasteiger partial charge in [0.1, 0.15) is 0 Å². The Morgan fingerprint density at radius 1 is 0.862 bits per heavy atom. The molecule has 3 aromatic rings. The molecule has 0 heterocycles. The molecule has 3 N–H and O–H groups in total. The van der Waals surface area contributed by atoms with Gasteiger partial charge in [0, 0.05) is 24.7 Å². The molecule has 1 amide bonds. The van der Waals surface area contributed by atoms with E-state index < -0.39 is 6.10 Å². The van der Waals surface area contributed by atoms with Crippen LogP contribution in [0.1, 0.15) is 21.5 Å². The molecule has 0 saturated carbocycles. The molecule has 1 atom stereocenters. The quantitative estimate of drug-likeness (QED) is 0.584. The van der Waals surface area contributed by atoms with Gasteiger partial charge in [-0.25, -0.2) is 0 Å². The van der Waals surface area contributed by atoms with Crippen molar-refractivity contribution >= 4 is 5.91 Å². The summed E-state index contributed by atoms with van der Waals surface area (Å²) in [6, 6.07) is 26.2. The molecule has 148 valence electrons. The van der Waals surface area contributed by atoms with Gasteiger partial charge in [0.05, 0.1) is 6.10 Å². The Hall–Kier alpha value is -2.95. The number of rotatable bonds is 7. The highest BCUT2D eigenvalue weighted by Crippen LogP contribution is 2.23. The van der Waals surface area contributed by atoms with Crippen LogP contribution in [-0.4, -0.2) is 36.2 Å². The van der Waals surface area contributed by atoms with E-state index in [2.05, 4.69) is 34.9 Å². The molecule has 0 aliphatic heterocycles. The summed E-state index contributed by atoms with van der Waals surface area (Å²) in [6.07, 6.45) is 1.34. The number of carbonyl (C=O) groups is 1. The number of aliphatic hydroxyl groups is 1. The van der Waals surface area contributed by atoms with Gasteiger partial charge in [-0.2, -0.15) is 0 Å². The maximum Gasteiger partial charge on any atom is 0.252 e. The van der Waals surface area contributed by atoms with Crippen LogP contribution in [0.2, 0.25) is 0 Å². The molecule has 0 saturated heterocycles. The zero-order valence-electron chi connectivity index (χ0n) is 16.3. The topological polar surface area (TPSA) is 61.4 Å². The third kappa shape index (κ3) is 4.73. The van der Waals surface area contributed by atoms with Gasteiger partial charge in [0.15, 0.2) is 0 Å². The van der Waals surface area contributed by atoms with Crippen LogP contribution in [-0.2, 0) is 12.8 Å². The second kappa shape index (κ2) is 9.03. The van der Waals surface area contributed by atoms with Crippen molar-refractivity contribution in [1.29, 1.82) is 0 Å². The van der Waals surface area contributed by atoms with E-state index in [-0.39, 0.29) is 12.5 Å². The highest BCUT2D eigenvalue weighted by Gasteiger charge is 2.21. The number of benzene rings is 3. The predicted octanol–water partition coefficient (Wildman–Crippen LogP) is 3.20. The molecule has 0 spiro atoms. The number of hydrogen-bond donors (Lipinski definition) is 3. The van der Waals surface area contributed by atoms with E-state index in [1.165, 1.54) is 11.1 Å². The first-order chi connectivity index (χ1) is 14.2. The van der Waals surface area contributed by atoms with Gasteiger partial charge in [-0.15, -0.1) is 0 Å². The van der Waals surface area contributed by atoms with Crippen LogP contribution >= 0.6 is 0 Å². The van der Waals surface area contributed by atoms with Crippen molar-refractivity contribution in [2.75, 3.05) is 13.1 Å². The lowest BCUT2D eigenvalue weighted by molar-refractivity contribution is 0.0914. The summed E-state index contributed by atoms with van der Waals surface area (Å²) >= 11 is 0. The molecule has 4 heteroatoms. The van der Waals surface area contributed by atoms with Crippen molar-refractivity contribution in [2.45, 2.75) is 25.0 Å². The molecular formula is C25H26N2O2. The van der Waals surface area contributed by atoms with Crippen molar-refractivity contribution in [3.05, 3.63) is 95.6 Å². The first-order valence-electron chi connectivity index (χ1n) is 10.1. The minimum absolute atomic E-state index is 0.170. The predicted molar refractivity (Wildman–Crippen MR) is 116 cm³/mol. The third-order valence-corrected chi connectivity index (χ3v) is 5.45. The summed E-state index contributed by atoms with van der Waals surface area (Å²) in [7, 11) is 0. The third-order valence-electron chi connectivity index (χ3n) is 5.45. The van der Waals surface area contributed by atoms with Crippen molar-refractivity contribution in [3.8, 4) is 11.1 Å². The maximum atomic E-state index is 12.7. The molecule has 0 bridgehead atoms. The molecule has 1 unspecified atom stereocenters. The van der Waals surface area contributed by atoms with Crippen LogP contribution in [0, 0.1) is 0 Å². The fourth-order valence-corrected chi connectivity index (χ4v) is 3.93. The Bertz CT molecular complexity index is 946. The minimum Gasteiger partial charge on any atom is -0.390 e. The van der Waals surface area contributed by atoms with Gasteiger partial charge < -0.3 is 15.7 Å². The zero-order valence-corrected chi connectivity index (χ0v) is 16.3. The molecule has 0 radical (unpaired) electrons. The molecule has 4 nitrogen and oxygen atoms in total. The fourth-order valence-electron chi connectivity index (χ4n) is 3.93. The molecule has 0 aromatic heterocycles. The van der Waals surface area contributed by atoms with Crippen molar-refractivity contribution in [1.82, 2.24) is 10.6 Å². The van der Waals surface area contributed by atoms with E-state index in [0.29, 0.717) is 18.2 Å². The molecule has 29 heavy (non-hydrogen) atoms. The SMILES string of the molecule is O=C(NCC(O)CNC1Cc2ccccc2C1)c1ccccc1-c1ccccc1. The van der Waals surface area contributed by atoms with Gasteiger partial charge in [0.25, 0.3) is 5.91 Å². The standard InChI is InChI=1S/C25H26N2O2/c28-22(16-26-21-14-19-10-4-5-11-20(19)15-21)17-27-25(29)24-13-7-6-12-23(24)18-8-2-1-3-9-18/h1-13,21-22,26,28H,14-17H2,(H,27,29). The average Bonchev–Trinajstić information content (AvgIpc) is 3.20. The van der Waals surface area contributed by atoms with Crippen LogP contribution in [0.4, 0.5) is 0 Å². The van der Waals surface area contributed by atoms with E-state index in [1.807, 2.05) is 54.6 Å². The first kappa shape index (κ1) is 19.4. The van der Waals surface area contributed by atoms with Crippen LogP contribution in [0.3, 0.4) is 0 Å². The van der Waals surface area contributed by atoms with E-state index >= 15 is 0 Å². The molecule has 1 aliphatic rings. The molecule has 3 aromatic carbocycles. The van der Waals surface area contributed by atoms with E-state index in [4.69, 9.17) is 0 Å². The second-order valence-corrected chi connectivity index (χ2v) is 7.56. The zero-order chi connectivity index (χ0) is 20.1. The first-order valence-corrected chi connectivity index (χ1v) is 10.1. The summed E-state index contributed by atoms with van der Waals surface area (Å²) in [4.78, 5) is 12.7. The average molecular weight is 386 g/mol. The number of nitrogens with one attached hydrogen (secondary N) is 2. The second-order valence-electron chi connectivity index (χ2n) is 7.56. The van der Waals surface area contributed by atoms with Gasteiger partial charge in [-0.1, -0.05) is 72.8 Å². The lowest BCUT2D eigenvalue weighted by Gasteiger charge is -2.17. The number of hydrogen-bond acceptors (Lipinski definition) is 3. The van der Waals surface area contributed by atoms with Crippen LogP contribution < -0.4 is 10.6 Å². The summed E-state index contributed by atoms with van der Waals surface area (Å²) in [5.74, 6) is -0.170. The Morgan fingerprint density at radius 2 is 1.48 bits per heavy atom. The number of amides is 1.